The van der Waals surface area contributed by atoms with E-state index in [1.807, 2.05) is 6.08 Å². The van der Waals surface area contributed by atoms with Crippen molar-refractivity contribution in [2.24, 2.45) is 0 Å². The number of aliphatic hydroxyl groups excluding tert-OH is 1. The van der Waals surface area contributed by atoms with Crippen molar-refractivity contribution in [2.45, 2.75) is 135 Å². The standard InChI is InChI=1S/C24H50O4Si2/c1-16(2)29(17(3)4,18(5)6)27-15-23-24(25)22(13-14-26-23)28-30(19(7)8,20(9)10)21(11)12/h13-14,16-25H,15H2,1-12H3. The summed E-state index contributed by atoms with van der Waals surface area (Å²) in [6.07, 6.45) is 2.18. The topological polar surface area (TPSA) is 47.9 Å². The second kappa shape index (κ2) is 11.1. The molecular weight excluding hydrogens is 408 g/mol. The van der Waals surface area contributed by atoms with Crippen molar-refractivity contribution in [3.8, 4) is 0 Å². The van der Waals surface area contributed by atoms with E-state index in [1.54, 1.807) is 6.26 Å². The molecule has 0 amide bonds. The van der Waals surface area contributed by atoms with Gasteiger partial charge in [0, 0.05) is 0 Å². The van der Waals surface area contributed by atoms with Crippen LogP contribution in [0.25, 0.3) is 0 Å². The van der Waals surface area contributed by atoms with Crippen molar-refractivity contribution in [1.82, 2.24) is 0 Å². The quantitative estimate of drug-likeness (QED) is 0.338. The summed E-state index contributed by atoms with van der Waals surface area (Å²) in [7, 11) is -4.11. The highest BCUT2D eigenvalue weighted by molar-refractivity contribution is 6.78. The Morgan fingerprint density at radius 1 is 0.733 bits per heavy atom. The predicted molar refractivity (Wildman–Crippen MR) is 133 cm³/mol. The minimum Gasteiger partial charge on any atom is -0.493 e. The third kappa shape index (κ3) is 5.42. The first-order valence-corrected chi connectivity index (χ1v) is 16.3. The molecule has 0 spiro atoms. The summed E-state index contributed by atoms with van der Waals surface area (Å²) in [5.41, 5.74) is 2.92. The van der Waals surface area contributed by atoms with Crippen LogP contribution in [0.15, 0.2) is 12.3 Å². The van der Waals surface area contributed by atoms with E-state index in [0.29, 0.717) is 39.9 Å². The molecule has 3 unspecified atom stereocenters. The first kappa shape index (κ1) is 27.9. The molecular formula is C24H50O4Si2. The van der Waals surface area contributed by atoms with Crippen molar-refractivity contribution >= 4 is 16.6 Å². The van der Waals surface area contributed by atoms with E-state index in [4.69, 9.17) is 13.6 Å². The fraction of sp³-hybridized carbons (Fsp3) is 0.917. The van der Waals surface area contributed by atoms with Gasteiger partial charge in [-0.15, -0.1) is 0 Å². The van der Waals surface area contributed by atoms with Gasteiger partial charge in [-0.05, 0) is 39.3 Å². The van der Waals surface area contributed by atoms with Crippen LogP contribution in [0.4, 0.5) is 0 Å². The summed E-state index contributed by atoms with van der Waals surface area (Å²) in [6.45, 7) is 27.8. The second-order valence-corrected chi connectivity index (χ2v) is 21.9. The van der Waals surface area contributed by atoms with E-state index in [1.165, 1.54) is 0 Å². The van der Waals surface area contributed by atoms with Crippen molar-refractivity contribution in [3.05, 3.63) is 12.3 Å². The van der Waals surface area contributed by atoms with Crippen LogP contribution >= 0.6 is 0 Å². The molecule has 0 aliphatic carbocycles. The first-order valence-electron chi connectivity index (χ1n) is 12.1. The zero-order valence-corrected chi connectivity index (χ0v) is 23.7. The van der Waals surface area contributed by atoms with E-state index in [2.05, 4.69) is 83.1 Å². The average Bonchev–Trinajstić information content (AvgIpc) is 2.60. The van der Waals surface area contributed by atoms with Gasteiger partial charge in [0.05, 0.1) is 19.0 Å². The molecule has 0 fully saturated rings. The molecule has 0 aromatic carbocycles. The van der Waals surface area contributed by atoms with Crippen LogP contribution in [0, 0.1) is 0 Å². The molecule has 178 valence electrons. The Kier molecular flexibility index (Phi) is 10.3. The van der Waals surface area contributed by atoms with Gasteiger partial charge in [0.15, 0.2) is 0 Å². The van der Waals surface area contributed by atoms with Crippen molar-refractivity contribution in [1.29, 1.82) is 0 Å². The molecule has 6 heteroatoms. The molecule has 0 radical (unpaired) electrons. The minimum atomic E-state index is -2.10. The lowest BCUT2D eigenvalue weighted by molar-refractivity contribution is -0.0761. The van der Waals surface area contributed by atoms with E-state index < -0.39 is 22.7 Å². The summed E-state index contributed by atoms with van der Waals surface area (Å²) in [4.78, 5) is 0. The van der Waals surface area contributed by atoms with Crippen molar-refractivity contribution in [3.63, 3.8) is 0 Å². The fourth-order valence-corrected chi connectivity index (χ4v) is 17.2. The lowest BCUT2D eigenvalue weighted by Gasteiger charge is -2.47. The Labute approximate surface area is 189 Å². The molecule has 1 rings (SSSR count). The summed E-state index contributed by atoms with van der Waals surface area (Å²) >= 11 is 0. The van der Waals surface area contributed by atoms with E-state index in [9.17, 15) is 5.11 Å². The van der Waals surface area contributed by atoms with E-state index >= 15 is 0 Å². The maximum atomic E-state index is 11.2. The minimum absolute atomic E-state index is 0.334. The van der Waals surface area contributed by atoms with Crippen LogP contribution in [0.3, 0.4) is 0 Å². The maximum absolute atomic E-state index is 11.2. The van der Waals surface area contributed by atoms with Crippen LogP contribution in [0.5, 0.6) is 0 Å². The number of rotatable bonds is 11. The molecule has 0 aromatic rings. The van der Waals surface area contributed by atoms with Crippen molar-refractivity contribution in [2.75, 3.05) is 6.61 Å². The van der Waals surface area contributed by atoms with Crippen LogP contribution in [0.1, 0.15) is 83.1 Å². The molecule has 1 aliphatic rings. The van der Waals surface area contributed by atoms with Gasteiger partial charge in [-0.25, -0.2) is 0 Å². The third-order valence-electron chi connectivity index (χ3n) is 7.49. The zero-order chi connectivity index (χ0) is 23.4. The van der Waals surface area contributed by atoms with Gasteiger partial charge in [-0.3, -0.25) is 0 Å². The summed E-state index contributed by atoms with van der Waals surface area (Å²) in [5.74, 6) is 0. The van der Waals surface area contributed by atoms with Crippen LogP contribution in [0.2, 0.25) is 33.2 Å². The first-order chi connectivity index (χ1) is 13.7. The Hall–Kier alpha value is -0.146. The Morgan fingerprint density at radius 3 is 1.50 bits per heavy atom. The normalized spacial score (nSPS) is 23.5. The molecule has 1 aliphatic heterocycles. The van der Waals surface area contributed by atoms with Gasteiger partial charge < -0.3 is 18.7 Å². The SMILES string of the molecule is CC(C)[Si](OCC1OC=CC(O[Si](C(C)C)(C(C)C)C(C)C)C1O)(C(C)C)C(C)C. The maximum Gasteiger partial charge on any atom is 0.201 e. The molecule has 1 N–H and O–H groups in total. The largest absolute Gasteiger partial charge is 0.493 e. The summed E-state index contributed by atoms with van der Waals surface area (Å²) < 4.78 is 19.4. The van der Waals surface area contributed by atoms with Crippen LogP contribution in [-0.2, 0) is 13.6 Å². The highest BCUT2D eigenvalue weighted by Gasteiger charge is 2.50. The average molecular weight is 459 g/mol. The lowest BCUT2D eigenvalue weighted by atomic mass is 10.1. The zero-order valence-electron chi connectivity index (χ0n) is 21.7. The van der Waals surface area contributed by atoms with E-state index in [-0.39, 0.29) is 12.2 Å². The number of hydrogen-bond donors (Lipinski definition) is 1. The third-order valence-corrected chi connectivity index (χ3v) is 19.7. The molecule has 4 nitrogen and oxygen atoms in total. The highest BCUT2D eigenvalue weighted by Crippen LogP contribution is 2.45. The Balaban J connectivity index is 3.05. The molecule has 0 saturated carbocycles. The highest BCUT2D eigenvalue weighted by atomic mass is 28.4. The monoisotopic (exact) mass is 458 g/mol. The van der Waals surface area contributed by atoms with E-state index in [0.717, 1.165) is 0 Å². The Bertz CT molecular complexity index is 500. The molecule has 3 atom stereocenters. The molecule has 30 heavy (non-hydrogen) atoms. The smallest absolute Gasteiger partial charge is 0.201 e. The number of hydrogen-bond acceptors (Lipinski definition) is 4. The molecule has 0 saturated heterocycles. The molecule has 0 aromatic heterocycles. The number of aliphatic hydroxyl groups is 1. The van der Waals surface area contributed by atoms with Gasteiger partial charge >= 0.3 is 0 Å². The summed E-state index contributed by atoms with van der Waals surface area (Å²) in [6, 6.07) is 0. The van der Waals surface area contributed by atoms with Gasteiger partial charge in [-0.1, -0.05) is 83.1 Å². The number of ether oxygens (including phenoxy) is 1. The van der Waals surface area contributed by atoms with Gasteiger partial charge in [-0.2, -0.15) is 0 Å². The van der Waals surface area contributed by atoms with Crippen LogP contribution < -0.4 is 0 Å². The molecule has 1 heterocycles. The van der Waals surface area contributed by atoms with Gasteiger partial charge in [0.2, 0.25) is 16.6 Å². The van der Waals surface area contributed by atoms with Gasteiger partial charge in [0.25, 0.3) is 0 Å². The summed E-state index contributed by atoms with van der Waals surface area (Å²) in [5, 5.41) is 11.2. The van der Waals surface area contributed by atoms with Gasteiger partial charge in [0.1, 0.15) is 12.2 Å². The Morgan fingerprint density at radius 2 is 1.13 bits per heavy atom. The van der Waals surface area contributed by atoms with Crippen molar-refractivity contribution < 1.29 is 18.7 Å². The fourth-order valence-electron chi connectivity index (χ4n) is 6.25. The molecule has 0 bridgehead atoms. The second-order valence-electron chi connectivity index (χ2n) is 11.0. The van der Waals surface area contributed by atoms with Crippen LogP contribution in [-0.4, -0.2) is 46.7 Å². The predicted octanol–water partition coefficient (Wildman–Crippen LogP) is 7.01. The lowest BCUT2D eigenvalue weighted by Crippen LogP contribution is -2.56.